The normalized spacial score (nSPS) is 15.3. The minimum atomic E-state index is -0.223. The molecule has 0 aliphatic heterocycles. The molecule has 4 N–H and O–H groups in total. The molecular weight excluding hydrogens is 456 g/mol. The number of rotatable bonds is 8. The molecule has 37 heavy (non-hydrogen) atoms. The van der Waals surface area contributed by atoms with Crippen molar-refractivity contribution in [1.29, 1.82) is 0 Å². The molecule has 0 radical (unpaired) electrons. The molecule has 0 spiro atoms. The molecule has 4 heteroatoms. The summed E-state index contributed by atoms with van der Waals surface area (Å²) in [6.45, 7) is 2.29. The fourth-order valence-corrected chi connectivity index (χ4v) is 5.78. The van der Waals surface area contributed by atoms with Crippen LogP contribution in [-0.4, -0.2) is 0 Å². The second-order valence-corrected chi connectivity index (χ2v) is 10.1. The molecule has 1 aliphatic carbocycles. The van der Waals surface area contributed by atoms with E-state index in [9.17, 15) is 0 Å². The maximum atomic E-state index is 6.50. The van der Waals surface area contributed by atoms with Crippen molar-refractivity contribution in [1.82, 2.24) is 0 Å². The molecule has 4 aromatic carbocycles. The van der Waals surface area contributed by atoms with E-state index in [4.69, 9.17) is 20.9 Å². The number of para-hydroxylation sites is 2. The molecule has 0 unspecified atom stereocenters. The molecule has 0 saturated heterocycles. The highest BCUT2D eigenvalue weighted by Crippen LogP contribution is 2.53. The number of hydrogen-bond acceptors (Lipinski definition) is 4. The van der Waals surface area contributed by atoms with Crippen molar-refractivity contribution < 1.29 is 9.47 Å². The van der Waals surface area contributed by atoms with E-state index >= 15 is 0 Å². The first-order chi connectivity index (χ1) is 18.1. The van der Waals surface area contributed by atoms with Crippen LogP contribution in [0.3, 0.4) is 0 Å². The molecule has 1 fully saturated rings. The molecule has 190 valence electrons. The van der Waals surface area contributed by atoms with Crippen LogP contribution in [0.5, 0.6) is 23.0 Å². The molecule has 4 aromatic rings. The van der Waals surface area contributed by atoms with Crippen molar-refractivity contribution in [3.63, 3.8) is 0 Å². The Kier molecular flexibility index (Phi) is 7.36. The van der Waals surface area contributed by atoms with Gasteiger partial charge in [0.1, 0.15) is 23.0 Å². The minimum absolute atomic E-state index is 0.223. The Morgan fingerprint density at radius 2 is 1.08 bits per heavy atom. The predicted molar refractivity (Wildman–Crippen MR) is 152 cm³/mol. The van der Waals surface area contributed by atoms with E-state index in [2.05, 4.69) is 43.3 Å². The first-order valence-electron chi connectivity index (χ1n) is 13.3. The van der Waals surface area contributed by atoms with Gasteiger partial charge < -0.3 is 20.9 Å². The maximum absolute atomic E-state index is 6.50. The molecule has 0 bridgehead atoms. The van der Waals surface area contributed by atoms with Crippen molar-refractivity contribution in [2.24, 2.45) is 5.92 Å². The Balaban J connectivity index is 1.59. The van der Waals surface area contributed by atoms with Gasteiger partial charge in [0.15, 0.2) is 0 Å². The Bertz CT molecular complexity index is 1210. The lowest BCUT2D eigenvalue weighted by Crippen LogP contribution is -2.34. The monoisotopic (exact) mass is 492 g/mol. The van der Waals surface area contributed by atoms with E-state index in [0.29, 0.717) is 0 Å². The van der Waals surface area contributed by atoms with Crippen LogP contribution in [0.2, 0.25) is 0 Å². The van der Waals surface area contributed by atoms with Crippen LogP contribution in [0.25, 0.3) is 0 Å². The van der Waals surface area contributed by atoms with E-state index < -0.39 is 0 Å². The Labute approximate surface area is 220 Å². The van der Waals surface area contributed by atoms with Gasteiger partial charge in [-0.1, -0.05) is 56.2 Å². The number of anilines is 2. The molecule has 1 aliphatic rings. The van der Waals surface area contributed by atoms with E-state index in [-0.39, 0.29) is 5.41 Å². The van der Waals surface area contributed by atoms with Crippen LogP contribution < -0.4 is 20.9 Å². The first kappa shape index (κ1) is 24.8. The quantitative estimate of drug-likeness (QED) is 0.241. The Morgan fingerprint density at radius 3 is 1.51 bits per heavy atom. The van der Waals surface area contributed by atoms with Crippen molar-refractivity contribution in [2.45, 2.75) is 50.9 Å². The zero-order valence-corrected chi connectivity index (χ0v) is 21.5. The van der Waals surface area contributed by atoms with Crippen LogP contribution >= 0.6 is 0 Å². The largest absolute Gasteiger partial charge is 0.457 e. The fraction of sp³-hybridized carbons (Fsp3) is 0.273. The van der Waals surface area contributed by atoms with Crippen molar-refractivity contribution in [3.05, 3.63) is 108 Å². The lowest BCUT2D eigenvalue weighted by Gasteiger charge is -2.42. The standard InChI is InChI=1S/C33H36N2O2/c1-2-7-24-20-22-33(23-21-24,29-8-3-5-10-31(29)36-27-16-12-25(34)13-17-27)30-9-4-6-11-32(30)37-28-18-14-26(35)15-19-28/h3-6,8-19,24H,2,7,20-23,34-35H2,1H3. The van der Waals surface area contributed by atoms with Gasteiger partial charge in [0.05, 0.1) is 0 Å². The summed E-state index contributed by atoms with van der Waals surface area (Å²) in [6.07, 6.45) is 6.96. The van der Waals surface area contributed by atoms with Crippen LogP contribution in [-0.2, 0) is 5.41 Å². The molecule has 0 atom stereocenters. The van der Waals surface area contributed by atoms with Crippen molar-refractivity contribution >= 4 is 11.4 Å². The number of ether oxygens (including phenoxy) is 2. The summed E-state index contributed by atoms with van der Waals surface area (Å²) in [6, 6.07) is 32.1. The zero-order chi connectivity index (χ0) is 25.7. The molecule has 4 nitrogen and oxygen atoms in total. The molecular formula is C33H36N2O2. The Hall–Kier alpha value is -3.92. The van der Waals surface area contributed by atoms with Crippen molar-refractivity contribution in [2.75, 3.05) is 11.5 Å². The van der Waals surface area contributed by atoms with Gasteiger partial charge in [-0.05, 0) is 92.3 Å². The van der Waals surface area contributed by atoms with E-state index in [1.54, 1.807) is 0 Å². The smallest absolute Gasteiger partial charge is 0.131 e. The fourth-order valence-electron chi connectivity index (χ4n) is 5.78. The molecule has 0 heterocycles. The topological polar surface area (TPSA) is 70.5 Å². The molecule has 1 saturated carbocycles. The van der Waals surface area contributed by atoms with Crippen molar-refractivity contribution in [3.8, 4) is 23.0 Å². The third-order valence-corrected chi connectivity index (χ3v) is 7.68. The summed E-state index contributed by atoms with van der Waals surface area (Å²) >= 11 is 0. The third-order valence-electron chi connectivity index (χ3n) is 7.68. The van der Waals surface area contributed by atoms with E-state index in [1.807, 2.05) is 60.7 Å². The predicted octanol–water partition coefficient (Wildman–Crippen LogP) is 8.71. The highest BCUT2D eigenvalue weighted by molar-refractivity contribution is 5.55. The average molecular weight is 493 g/mol. The summed E-state index contributed by atoms with van der Waals surface area (Å²) < 4.78 is 13.0. The number of hydrogen-bond donors (Lipinski definition) is 2. The number of nitrogen functional groups attached to an aromatic ring is 2. The highest BCUT2D eigenvalue weighted by Gasteiger charge is 2.42. The number of nitrogens with two attached hydrogens (primary N) is 2. The van der Waals surface area contributed by atoms with E-state index in [1.165, 1.54) is 36.8 Å². The third kappa shape index (κ3) is 5.43. The Morgan fingerprint density at radius 1 is 0.649 bits per heavy atom. The summed E-state index contributed by atoms with van der Waals surface area (Å²) in [7, 11) is 0. The maximum Gasteiger partial charge on any atom is 0.131 e. The second-order valence-electron chi connectivity index (χ2n) is 10.1. The highest BCUT2D eigenvalue weighted by atomic mass is 16.5. The lowest BCUT2D eigenvalue weighted by atomic mass is 9.62. The molecule has 5 rings (SSSR count). The lowest BCUT2D eigenvalue weighted by molar-refractivity contribution is 0.246. The summed E-state index contributed by atoms with van der Waals surface area (Å²) in [5.41, 5.74) is 15.5. The van der Waals surface area contributed by atoms with Crippen LogP contribution in [0, 0.1) is 5.92 Å². The summed E-state index contributed by atoms with van der Waals surface area (Å²) in [5, 5.41) is 0. The van der Waals surface area contributed by atoms with E-state index in [0.717, 1.165) is 53.1 Å². The summed E-state index contributed by atoms with van der Waals surface area (Å²) in [5.74, 6) is 4.08. The zero-order valence-electron chi connectivity index (χ0n) is 21.5. The van der Waals surface area contributed by atoms with Crippen LogP contribution in [0.1, 0.15) is 56.6 Å². The van der Waals surface area contributed by atoms with Gasteiger partial charge in [0, 0.05) is 27.9 Å². The van der Waals surface area contributed by atoms with Gasteiger partial charge in [-0.15, -0.1) is 0 Å². The van der Waals surface area contributed by atoms with Gasteiger partial charge in [0.2, 0.25) is 0 Å². The van der Waals surface area contributed by atoms with Gasteiger partial charge in [-0.3, -0.25) is 0 Å². The average Bonchev–Trinajstić information content (AvgIpc) is 2.93. The molecule has 0 amide bonds. The second kappa shape index (κ2) is 11.0. The van der Waals surface area contributed by atoms with Gasteiger partial charge in [-0.2, -0.15) is 0 Å². The summed E-state index contributed by atoms with van der Waals surface area (Å²) in [4.78, 5) is 0. The van der Waals surface area contributed by atoms with Crippen LogP contribution in [0.15, 0.2) is 97.1 Å². The molecule has 0 aromatic heterocycles. The first-order valence-corrected chi connectivity index (χ1v) is 13.3. The number of benzene rings is 4. The van der Waals surface area contributed by atoms with Gasteiger partial charge in [-0.25, -0.2) is 0 Å². The van der Waals surface area contributed by atoms with Gasteiger partial charge in [0.25, 0.3) is 0 Å². The minimum Gasteiger partial charge on any atom is -0.457 e. The van der Waals surface area contributed by atoms with Gasteiger partial charge >= 0.3 is 0 Å². The SMILES string of the molecule is CCCC1CCC(c2ccccc2Oc2ccc(N)cc2)(c2ccccc2Oc2ccc(N)cc2)CC1. The van der Waals surface area contributed by atoms with Crippen LogP contribution in [0.4, 0.5) is 11.4 Å².